The largest absolute Gasteiger partial charge is 0.282 e. The van der Waals surface area contributed by atoms with Crippen molar-refractivity contribution in [1.82, 2.24) is 0 Å². The van der Waals surface area contributed by atoms with Crippen LogP contribution in [0, 0.1) is 15.5 Å². The number of halogens is 1. The molecule has 1 aliphatic carbocycles. The van der Waals surface area contributed by atoms with Gasteiger partial charge in [0.25, 0.3) is 5.69 Å². The lowest BCUT2D eigenvalue weighted by atomic mass is 10.2. The molecule has 1 fully saturated rings. The second-order valence-electron chi connectivity index (χ2n) is 4.15. The summed E-state index contributed by atoms with van der Waals surface area (Å²) in [6.07, 6.45) is 2.46. The Morgan fingerprint density at radius 1 is 1.44 bits per heavy atom. The molecule has 1 saturated carbocycles. The first-order chi connectivity index (χ1) is 7.67. The molecule has 0 aromatic heterocycles. The fraction of sp³-hybridized carbons (Fsp3) is 0.455. The number of para-hydroxylation sites is 1. The second-order valence-corrected chi connectivity index (χ2v) is 5.73. The highest BCUT2D eigenvalue weighted by atomic mass is 79.9. The number of hydrogen-bond acceptors (Lipinski definition) is 3. The van der Waals surface area contributed by atoms with E-state index in [1.807, 2.05) is 12.1 Å². The third-order valence-electron chi connectivity index (χ3n) is 2.84. The maximum Gasteiger partial charge on any atom is 0.282 e. The molecule has 1 aromatic carbocycles. The van der Waals surface area contributed by atoms with E-state index in [-0.39, 0.29) is 10.6 Å². The Morgan fingerprint density at radius 2 is 2.12 bits per heavy atom. The van der Waals surface area contributed by atoms with E-state index in [9.17, 15) is 10.1 Å². The summed E-state index contributed by atoms with van der Waals surface area (Å²) in [5.74, 6) is 0.961. The molecule has 0 radical (unpaired) electrons. The van der Waals surface area contributed by atoms with Gasteiger partial charge in [0.1, 0.15) is 0 Å². The van der Waals surface area contributed by atoms with Crippen LogP contribution in [0.1, 0.15) is 12.8 Å². The Morgan fingerprint density at radius 3 is 2.69 bits per heavy atom. The van der Waals surface area contributed by atoms with Gasteiger partial charge in [0.15, 0.2) is 0 Å². The molecule has 1 aromatic rings. The fourth-order valence-corrected chi connectivity index (χ4v) is 3.79. The third kappa shape index (κ3) is 2.58. The Bertz CT molecular complexity index is 407. The van der Waals surface area contributed by atoms with Gasteiger partial charge in [-0.3, -0.25) is 10.1 Å². The zero-order chi connectivity index (χ0) is 11.6. The van der Waals surface area contributed by atoms with Crippen LogP contribution in [0.4, 0.5) is 5.69 Å². The number of benzene rings is 1. The van der Waals surface area contributed by atoms with Gasteiger partial charge in [-0.25, -0.2) is 0 Å². The molecule has 0 spiro atoms. The number of hydrogen-bond donors (Lipinski definition) is 0. The molecule has 0 atom stereocenters. The van der Waals surface area contributed by atoms with Crippen molar-refractivity contribution < 1.29 is 4.92 Å². The lowest BCUT2D eigenvalue weighted by Crippen LogP contribution is -2.05. The van der Waals surface area contributed by atoms with Crippen molar-refractivity contribution >= 4 is 33.4 Å². The molecule has 0 unspecified atom stereocenters. The first-order valence-corrected chi connectivity index (χ1v) is 7.20. The van der Waals surface area contributed by atoms with E-state index in [0.29, 0.717) is 5.41 Å². The van der Waals surface area contributed by atoms with Crippen molar-refractivity contribution in [3.63, 3.8) is 0 Å². The summed E-state index contributed by atoms with van der Waals surface area (Å²) in [6, 6.07) is 6.95. The van der Waals surface area contributed by atoms with Gasteiger partial charge in [0.2, 0.25) is 0 Å². The molecule has 1 aliphatic rings. The van der Waals surface area contributed by atoms with Crippen LogP contribution in [0.2, 0.25) is 0 Å². The number of nitro groups is 1. The van der Waals surface area contributed by atoms with E-state index in [1.54, 1.807) is 23.9 Å². The zero-order valence-corrected chi connectivity index (χ0v) is 11.1. The number of thioether (sulfide) groups is 1. The molecular formula is C11H12BrNO2S. The van der Waals surface area contributed by atoms with E-state index >= 15 is 0 Å². The third-order valence-corrected chi connectivity index (χ3v) is 5.44. The molecular weight excluding hydrogens is 290 g/mol. The highest BCUT2D eigenvalue weighted by molar-refractivity contribution is 9.09. The number of alkyl halides is 1. The van der Waals surface area contributed by atoms with E-state index in [2.05, 4.69) is 15.9 Å². The van der Waals surface area contributed by atoms with Gasteiger partial charge < -0.3 is 0 Å². The van der Waals surface area contributed by atoms with Crippen LogP contribution >= 0.6 is 27.7 Å². The van der Waals surface area contributed by atoms with Gasteiger partial charge in [-0.2, -0.15) is 0 Å². The minimum Gasteiger partial charge on any atom is -0.258 e. The Labute approximate surface area is 107 Å². The van der Waals surface area contributed by atoms with Crippen LogP contribution in [0.3, 0.4) is 0 Å². The maximum atomic E-state index is 10.8. The van der Waals surface area contributed by atoms with Crippen molar-refractivity contribution in [2.75, 3.05) is 11.1 Å². The van der Waals surface area contributed by atoms with Gasteiger partial charge >= 0.3 is 0 Å². The quantitative estimate of drug-likeness (QED) is 0.359. The molecule has 0 saturated heterocycles. The molecule has 5 heteroatoms. The Kier molecular flexibility index (Phi) is 3.54. The van der Waals surface area contributed by atoms with Crippen molar-refractivity contribution in [1.29, 1.82) is 0 Å². The van der Waals surface area contributed by atoms with Crippen molar-refractivity contribution in [3.05, 3.63) is 34.4 Å². The number of nitro benzene ring substituents is 1. The van der Waals surface area contributed by atoms with E-state index in [1.165, 1.54) is 12.8 Å². The minimum atomic E-state index is -0.309. The predicted octanol–water partition coefficient (Wildman–Crippen LogP) is 3.86. The smallest absolute Gasteiger partial charge is 0.258 e. The molecule has 0 aliphatic heterocycles. The number of rotatable bonds is 5. The first kappa shape index (κ1) is 11.9. The second kappa shape index (κ2) is 4.75. The monoisotopic (exact) mass is 301 g/mol. The Hall–Kier alpha value is -0.550. The molecule has 86 valence electrons. The normalized spacial score (nSPS) is 17.1. The minimum absolute atomic E-state index is 0.220. The zero-order valence-electron chi connectivity index (χ0n) is 8.69. The summed E-state index contributed by atoms with van der Waals surface area (Å²) in [7, 11) is 0. The van der Waals surface area contributed by atoms with Crippen molar-refractivity contribution in [3.8, 4) is 0 Å². The van der Waals surface area contributed by atoms with Gasteiger partial charge in [-0.05, 0) is 24.3 Å². The highest BCUT2D eigenvalue weighted by Gasteiger charge is 2.41. The summed E-state index contributed by atoms with van der Waals surface area (Å²) in [6.45, 7) is 0. The van der Waals surface area contributed by atoms with E-state index in [0.717, 1.165) is 16.0 Å². The average molecular weight is 302 g/mol. The molecule has 3 nitrogen and oxygen atoms in total. The summed E-state index contributed by atoms with van der Waals surface area (Å²) in [5, 5.41) is 11.8. The van der Waals surface area contributed by atoms with Crippen LogP contribution in [0.25, 0.3) is 0 Å². The van der Waals surface area contributed by atoms with E-state index < -0.39 is 0 Å². The molecule has 0 N–H and O–H groups in total. The van der Waals surface area contributed by atoms with Gasteiger partial charge in [-0.1, -0.05) is 28.1 Å². The predicted molar refractivity (Wildman–Crippen MR) is 69.3 cm³/mol. The van der Waals surface area contributed by atoms with Crippen LogP contribution in [-0.4, -0.2) is 16.0 Å². The van der Waals surface area contributed by atoms with Crippen LogP contribution in [-0.2, 0) is 0 Å². The lowest BCUT2D eigenvalue weighted by Gasteiger charge is -2.10. The highest BCUT2D eigenvalue weighted by Crippen LogP contribution is 2.50. The van der Waals surface area contributed by atoms with Gasteiger partial charge in [0, 0.05) is 17.1 Å². The summed E-state index contributed by atoms with van der Waals surface area (Å²) in [4.78, 5) is 11.3. The lowest BCUT2D eigenvalue weighted by molar-refractivity contribution is -0.387. The summed E-state index contributed by atoms with van der Waals surface area (Å²) >= 11 is 5.10. The average Bonchev–Trinajstić information content (AvgIpc) is 3.07. The molecule has 0 amide bonds. The molecule has 2 rings (SSSR count). The fourth-order valence-electron chi connectivity index (χ4n) is 1.45. The van der Waals surface area contributed by atoms with Crippen molar-refractivity contribution in [2.24, 2.45) is 5.41 Å². The van der Waals surface area contributed by atoms with Crippen LogP contribution in [0.15, 0.2) is 29.2 Å². The maximum absolute atomic E-state index is 10.8. The number of nitrogens with zero attached hydrogens (tertiary/aromatic N) is 1. The van der Waals surface area contributed by atoms with Gasteiger partial charge in [0.05, 0.1) is 9.82 Å². The molecule has 0 bridgehead atoms. The van der Waals surface area contributed by atoms with E-state index in [4.69, 9.17) is 0 Å². The topological polar surface area (TPSA) is 43.1 Å². The molecule has 0 heterocycles. The Balaban J connectivity index is 2.06. The SMILES string of the molecule is O=[N+]([O-])c1ccccc1SCC1(CBr)CC1. The van der Waals surface area contributed by atoms with Gasteiger partial charge in [-0.15, -0.1) is 11.8 Å². The standard InChI is InChI=1S/C11H12BrNO2S/c12-7-11(5-6-11)8-16-10-4-2-1-3-9(10)13(14)15/h1-4H,5-8H2. The van der Waals surface area contributed by atoms with Crippen molar-refractivity contribution in [2.45, 2.75) is 17.7 Å². The van der Waals surface area contributed by atoms with Crippen LogP contribution in [0.5, 0.6) is 0 Å². The van der Waals surface area contributed by atoms with Crippen LogP contribution < -0.4 is 0 Å². The summed E-state index contributed by atoms with van der Waals surface area (Å²) < 4.78 is 0. The first-order valence-electron chi connectivity index (χ1n) is 5.09. The molecule has 16 heavy (non-hydrogen) atoms. The summed E-state index contributed by atoms with van der Waals surface area (Å²) in [5.41, 5.74) is 0.604.